The second-order valence-corrected chi connectivity index (χ2v) is 8.33. The molecule has 1 aliphatic rings. The first-order valence-electron chi connectivity index (χ1n) is 8.94. The van der Waals surface area contributed by atoms with E-state index < -0.39 is 6.04 Å². The molecule has 138 valence electrons. The number of nitrogens with one attached hydrogen (secondary N) is 1. The summed E-state index contributed by atoms with van der Waals surface area (Å²) in [7, 11) is 0. The monoisotopic (exact) mass is 382 g/mol. The highest BCUT2D eigenvalue weighted by atomic mass is 35.5. The number of carbonyl (C=O) groups excluding carboxylic acids is 2. The van der Waals surface area contributed by atoms with Crippen LogP contribution in [0.5, 0.6) is 0 Å². The van der Waals surface area contributed by atoms with Gasteiger partial charge < -0.3 is 10.2 Å². The molecular formula is C19H27ClN2O2S. The van der Waals surface area contributed by atoms with E-state index in [0.29, 0.717) is 16.3 Å². The minimum Gasteiger partial charge on any atom is -0.352 e. The van der Waals surface area contributed by atoms with Crippen molar-refractivity contribution in [2.45, 2.75) is 63.9 Å². The minimum atomic E-state index is -0.425. The summed E-state index contributed by atoms with van der Waals surface area (Å²) in [5, 5.41) is 3.52. The zero-order valence-corrected chi connectivity index (χ0v) is 16.7. The normalized spacial score (nSPS) is 20.1. The molecule has 1 fully saturated rings. The summed E-state index contributed by atoms with van der Waals surface area (Å²) in [5.74, 6) is 0.454. The van der Waals surface area contributed by atoms with Gasteiger partial charge in [0.15, 0.2) is 0 Å². The summed E-state index contributed by atoms with van der Waals surface area (Å²) in [5.41, 5.74) is 0.540. The van der Waals surface area contributed by atoms with Crippen molar-refractivity contribution in [3.63, 3.8) is 0 Å². The van der Waals surface area contributed by atoms with Crippen LogP contribution in [0.3, 0.4) is 0 Å². The van der Waals surface area contributed by atoms with Gasteiger partial charge >= 0.3 is 0 Å². The second kappa shape index (κ2) is 9.48. The zero-order valence-electron chi connectivity index (χ0n) is 15.1. The van der Waals surface area contributed by atoms with Crippen molar-refractivity contribution in [2.75, 3.05) is 5.75 Å². The molecule has 0 spiro atoms. The SMILES string of the molecule is CCCCCC1SCC(C(=O)NC(C)C)N1C(=O)c1cccc(Cl)c1. The molecule has 1 aliphatic heterocycles. The highest BCUT2D eigenvalue weighted by Crippen LogP contribution is 2.34. The van der Waals surface area contributed by atoms with Crippen LogP contribution in [0.1, 0.15) is 56.8 Å². The number of hydrogen-bond donors (Lipinski definition) is 1. The third-order valence-electron chi connectivity index (χ3n) is 4.19. The van der Waals surface area contributed by atoms with Gasteiger partial charge in [-0.25, -0.2) is 0 Å². The molecule has 0 aliphatic carbocycles. The van der Waals surface area contributed by atoms with Gasteiger partial charge in [-0.1, -0.05) is 43.9 Å². The van der Waals surface area contributed by atoms with Crippen molar-refractivity contribution in [1.82, 2.24) is 10.2 Å². The van der Waals surface area contributed by atoms with Crippen molar-refractivity contribution in [3.05, 3.63) is 34.9 Å². The van der Waals surface area contributed by atoms with Gasteiger partial charge in [0.2, 0.25) is 5.91 Å². The molecule has 1 heterocycles. The summed E-state index contributed by atoms with van der Waals surface area (Å²) >= 11 is 7.75. The quantitative estimate of drug-likeness (QED) is 0.714. The molecule has 0 radical (unpaired) electrons. The number of unbranched alkanes of at least 4 members (excludes halogenated alkanes) is 2. The van der Waals surface area contributed by atoms with Crippen LogP contribution in [0.25, 0.3) is 0 Å². The molecule has 0 aromatic heterocycles. The lowest BCUT2D eigenvalue weighted by molar-refractivity contribution is -0.125. The Kier molecular flexibility index (Phi) is 7.63. The Morgan fingerprint density at radius 2 is 2.12 bits per heavy atom. The van der Waals surface area contributed by atoms with Crippen LogP contribution in [-0.4, -0.2) is 39.9 Å². The Labute approximate surface area is 159 Å². The molecule has 2 rings (SSSR count). The Morgan fingerprint density at radius 1 is 1.36 bits per heavy atom. The number of rotatable bonds is 7. The minimum absolute atomic E-state index is 0.0425. The molecule has 1 aromatic rings. The number of halogens is 1. The smallest absolute Gasteiger partial charge is 0.255 e. The van der Waals surface area contributed by atoms with Gasteiger partial charge in [0.25, 0.3) is 5.91 Å². The number of thioether (sulfide) groups is 1. The van der Waals surface area contributed by atoms with Crippen LogP contribution in [0, 0.1) is 0 Å². The maximum atomic E-state index is 13.1. The van der Waals surface area contributed by atoms with E-state index in [9.17, 15) is 9.59 Å². The van der Waals surface area contributed by atoms with Gasteiger partial charge in [0.1, 0.15) is 6.04 Å². The molecule has 1 aromatic carbocycles. The van der Waals surface area contributed by atoms with Gasteiger partial charge in [-0.3, -0.25) is 9.59 Å². The van der Waals surface area contributed by atoms with E-state index in [1.165, 1.54) is 0 Å². The van der Waals surface area contributed by atoms with Crippen LogP contribution in [0.2, 0.25) is 5.02 Å². The highest BCUT2D eigenvalue weighted by Gasteiger charge is 2.41. The van der Waals surface area contributed by atoms with Crippen molar-refractivity contribution in [2.24, 2.45) is 0 Å². The van der Waals surface area contributed by atoms with E-state index in [2.05, 4.69) is 12.2 Å². The first-order valence-corrected chi connectivity index (χ1v) is 10.4. The van der Waals surface area contributed by atoms with E-state index in [-0.39, 0.29) is 23.2 Å². The van der Waals surface area contributed by atoms with Gasteiger partial charge in [-0.05, 0) is 38.5 Å². The van der Waals surface area contributed by atoms with Crippen molar-refractivity contribution in [1.29, 1.82) is 0 Å². The van der Waals surface area contributed by atoms with Crippen LogP contribution in [-0.2, 0) is 4.79 Å². The number of benzene rings is 1. The number of nitrogens with zero attached hydrogens (tertiary/aromatic N) is 1. The fourth-order valence-corrected chi connectivity index (χ4v) is 4.62. The van der Waals surface area contributed by atoms with Crippen LogP contribution >= 0.6 is 23.4 Å². The van der Waals surface area contributed by atoms with E-state index in [1.54, 1.807) is 40.9 Å². The number of amides is 2. The molecule has 0 saturated carbocycles. The summed E-state index contributed by atoms with van der Waals surface area (Å²) in [4.78, 5) is 27.5. The van der Waals surface area contributed by atoms with Gasteiger partial charge in [-0.2, -0.15) is 0 Å². The average Bonchev–Trinajstić information content (AvgIpc) is 2.98. The molecule has 2 unspecified atom stereocenters. The van der Waals surface area contributed by atoms with Crippen LogP contribution in [0.4, 0.5) is 0 Å². The van der Waals surface area contributed by atoms with Crippen LogP contribution < -0.4 is 5.32 Å². The van der Waals surface area contributed by atoms with E-state index in [1.807, 2.05) is 13.8 Å². The fourth-order valence-electron chi connectivity index (χ4n) is 2.98. The Bertz CT molecular complexity index is 609. The number of carbonyl (C=O) groups is 2. The van der Waals surface area contributed by atoms with Crippen molar-refractivity contribution < 1.29 is 9.59 Å². The standard InChI is InChI=1S/C19H27ClN2O2S/c1-4-5-6-10-17-22(16(12-25-17)18(23)21-13(2)3)19(24)14-8-7-9-15(20)11-14/h7-9,11,13,16-17H,4-6,10,12H2,1-3H3,(H,21,23). The van der Waals surface area contributed by atoms with E-state index in [0.717, 1.165) is 25.7 Å². The van der Waals surface area contributed by atoms with Gasteiger partial charge in [0, 0.05) is 22.4 Å². The summed E-state index contributed by atoms with van der Waals surface area (Å²) < 4.78 is 0. The van der Waals surface area contributed by atoms with Gasteiger partial charge in [0.05, 0.1) is 5.37 Å². The molecule has 0 bridgehead atoms. The second-order valence-electron chi connectivity index (χ2n) is 6.69. The Balaban J connectivity index is 2.22. The predicted molar refractivity (Wildman–Crippen MR) is 105 cm³/mol. The third-order valence-corrected chi connectivity index (χ3v) is 5.78. The first-order chi connectivity index (χ1) is 11.9. The fraction of sp³-hybridized carbons (Fsp3) is 0.579. The van der Waals surface area contributed by atoms with E-state index in [4.69, 9.17) is 11.6 Å². The number of hydrogen-bond acceptors (Lipinski definition) is 3. The maximum absolute atomic E-state index is 13.1. The molecule has 1 saturated heterocycles. The topological polar surface area (TPSA) is 49.4 Å². The molecule has 6 heteroatoms. The maximum Gasteiger partial charge on any atom is 0.255 e. The zero-order chi connectivity index (χ0) is 18.4. The summed E-state index contributed by atoms with van der Waals surface area (Å²) in [6.07, 6.45) is 4.25. The van der Waals surface area contributed by atoms with Crippen molar-refractivity contribution >= 4 is 35.2 Å². The average molecular weight is 383 g/mol. The Hall–Kier alpha value is -1.20. The molecule has 4 nitrogen and oxygen atoms in total. The molecular weight excluding hydrogens is 356 g/mol. The van der Waals surface area contributed by atoms with Gasteiger partial charge in [-0.15, -0.1) is 11.8 Å². The largest absolute Gasteiger partial charge is 0.352 e. The van der Waals surface area contributed by atoms with E-state index >= 15 is 0 Å². The molecule has 2 amide bonds. The van der Waals surface area contributed by atoms with Crippen molar-refractivity contribution in [3.8, 4) is 0 Å². The lowest BCUT2D eigenvalue weighted by Gasteiger charge is -2.29. The summed E-state index contributed by atoms with van der Waals surface area (Å²) in [6, 6.07) is 6.59. The molecule has 1 N–H and O–H groups in total. The Morgan fingerprint density at radius 3 is 2.76 bits per heavy atom. The highest BCUT2D eigenvalue weighted by molar-refractivity contribution is 8.00. The third kappa shape index (κ3) is 5.38. The van der Waals surface area contributed by atoms with Crippen LogP contribution in [0.15, 0.2) is 24.3 Å². The molecule has 2 atom stereocenters. The lowest BCUT2D eigenvalue weighted by atomic mass is 10.1. The predicted octanol–water partition coefficient (Wildman–Crippen LogP) is 4.33. The first kappa shape index (κ1) is 20.1. The summed E-state index contributed by atoms with van der Waals surface area (Å²) in [6.45, 7) is 6.03. The lowest BCUT2D eigenvalue weighted by Crippen LogP contribution is -2.51. The molecule has 25 heavy (non-hydrogen) atoms.